The molecule has 3 aromatic rings. The van der Waals surface area contributed by atoms with Crippen molar-refractivity contribution in [2.45, 2.75) is 24.9 Å². The van der Waals surface area contributed by atoms with Gasteiger partial charge in [-0.3, -0.25) is 4.57 Å². The second-order valence-electron chi connectivity index (χ2n) is 6.61. The summed E-state index contributed by atoms with van der Waals surface area (Å²) in [5, 5.41) is 21.4. The van der Waals surface area contributed by atoms with Gasteiger partial charge in [0, 0.05) is 25.9 Å². The molecule has 1 aliphatic rings. The van der Waals surface area contributed by atoms with Gasteiger partial charge < -0.3 is 19.8 Å². The van der Waals surface area contributed by atoms with E-state index in [1.807, 2.05) is 47.8 Å². The van der Waals surface area contributed by atoms with Gasteiger partial charge in [0.05, 0.1) is 30.0 Å². The molecule has 0 amide bonds. The molecule has 1 aliphatic heterocycles. The molecule has 26 heavy (non-hydrogen) atoms. The first-order valence-corrected chi connectivity index (χ1v) is 8.48. The van der Waals surface area contributed by atoms with Crippen molar-refractivity contribution in [1.82, 2.24) is 19.4 Å². The van der Waals surface area contributed by atoms with Crippen LogP contribution in [0.5, 0.6) is 0 Å². The molecule has 3 atom stereocenters. The highest BCUT2D eigenvalue weighted by atomic mass is 16.5. The van der Waals surface area contributed by atoms with Crippen LogP contribution in [0.1, 0.15) is 12.6 Å². The Morgan fingerprint density at radius 3 is 2.88 bits per heavy atom. The fourth-order valence-electron chi connectivity index (χ4n) is 3.40. The van der Waals surface area contributed by atoms with Crippen molar-refractivity contribution in [2.75, 3.05) is 20.7 Å². The Morgan fingerprint density at radius 1 is 1.35 bits per heavy atom. The van der Waals surface area contributed by atoms with Crippen LogP contribution in [-0.2, 0) is 4.74 Å². The SMILES string of the molecule is CN(C)C=Nc1ncnc2c1c1ccccc1n2[C@H]1C[C@@H](O)[C@@H](CO)O1. The number of aliphatic imine (C=N–C) groups is 1. The third kappa shape index (κ3) is 2.72. The maximum Gasteiger partial charge on any atom is 0.166 e. The second kappa shape index (κ2) is 6.64. The summed E-state index contributed by atoms with van der Waals surface area (Å²) in [5.41, 5.74) is 1.63. The summed E-state index contributed by atoms with van der Waals surface area (Å²) in [4.78, 5) is 15.1. The number of aliphatic hydroxyl groups excluding tert-OH is 2. The van der Waals surface area contributed by atoms with Crippen LogP contribution in [0.2, 0.25) is 0 Å². The van der Waals surface area contributed by atoms with Gasteiger partial charge in [0.15, 0.2) is 5.82 Å². The van der Waals surface area contributed by atoms with Gasteiger partial charge in [0.1, 0.15) is 24.3 Å². The highest BCUT2D eigenvalue weighted by molar-refractivity contribution is 6.11. The lowest BCUT2D eigenvalue weighted by Gasteiger charge is -2.15. The molecular formula is C18H21N5O3. The van der Waals surface area contributed by atoms with E-state index in [4.69, 9.17) is 4.74 Å². The van der Waals surface area contributed by atoms with Gasteiger partial charge in [-0.2, -0.15) is 0 Å². The van der Waals surface area contributed by atoms with E-state index in [9.17, 15) is 10.2 Å². The van der Waals surface area contributed by atoms with Gasteiger partial charge in [-0.05, 0) is 6.07 Å². The summed E-state index contributed by atoms with van der Waals surface area (Å²) < 4.78 is 7.84. The lowest BCUT2D eigenvalue weighted by Crippen LogP contribution is -2.24. The van der Waals surface area contributed by atoms with E-state index in [0.29, 0.717) is 17.9 Å². The van der Waals surface area contributed by atoms with Gasteiger partial charge >= 0.3 is 0 Å². The van der Waals surface area contributed by atoms with Crippen molar-refractivity contribution in [3.05, 3.63) is 30.6 Å². The van der Waals surface area contributed by atoms with E-state index in [-0.39, 0.29) is 6.61 Å². The number of fused-ring (bicyclic) bond motifs is 3. The van der Waals surface area contributed by atoms with Gasteiger partial charge in [-0.1, -0.05) is 18.2 Å². The highest BCUT2D eigenvalue weighted by Gasteiger charge is 2.36. The van der Waals surface area contributed by atoms with Gasteiger partial charge in [-0.25, -0.2) is 15.0 Å². The lowest BCUT2D eigenvalue weighted by atomic mass is 10.2. The minimum Gasteiger partial charge on any atom is -0.394 e. The minimum atomic E-state index is -0.714. The first kappa shape index (κ1) is 16.9. The third-order valence-electron chi connectivity index (χ3n) is 4.55. The number of rotatable bonds is 4. The van der Waals surface area contributed by atoms with Crippen LogP contribution < -0.4 is 0 Å². The molecule has 1 saturated heterocycles. The molecule has 0 saturated carbocycles. The molecule has 3 heterocycles. The maximum absolute atomic E-state index is 10.1. The predicted octanol–water partition coefficient (Wildman–Crippen LogP) is 1.45. The molecule has 2 N–H and O–H groups in total. The average Bonchev–Trinajstić information content (AvgIpc) is 3.17. The zero-order valence-corrected chi connectivity index (χ0v) is 14.6. The molecule has 8 heteroatoms. The quantitative estimate of drug-likeness (QED) is 0.543. The van der Waals surface area contributed by atoms with Crippen molar-refractivity contribution in [3.63, 3.8) is 0 Å². The molecule has 1 fully saturated rings. The fraction of sp³-hybridized carbons (Fsp3) is 0.389. The van der Waals surface area contributed by atoms with E-state index in [0.717, 1.165) is 16.3 Å². The number of aromatic nitrogens is 3. The Hall–Kier alpha value is -2.55. The first-order valence-electron chi connectivity index (χ1n) is 8.48. The van der Waals surface area contributed by atoms with Crippen molar-refractivity contribution < 1.29 is 14.9 Å². The predicted molar refractivity (Wildman–Crippen MR) is 98.5 cm³/mol. The fourth-order valence-corrected chi connectivity index (χ4v) is 3.40. The van der Waals surface area contributed by atoms with Crippen LogP contribution in [-0.4, -0.2) is 68.9 Å². The summed E-state index contributed by atoms with van der Waals surface area (Å²) in [6.45, 7) is -0.220. The number of aliphatic hydroxyl groups is 2. The molecule has 0 radical (unpaired) electrons. The van der Waals surface area contributed by atoms with Crippen LogP contribution in [0.25, 0.3) is 21.9 Å². The monoisotopic (exact) mass is 355 g/mol. The van der Waals surface area contributed by atoms with Gasteiger partial charge in [0.2, 0.25) is 0 Å². The summed E-state index contributed by atoms with van der Waals surface area (Å²) in [6.07, 6.45) is 1.85. The summed E-state index contributed by atoms with van der Waals surface area (Å²) in [6, 6.07) is 7.89. The van der Waals surface area contributed by atoms with Crippen LogP contribution in [0.15, 0.2) is 35.6 Å². The Balaban J connectivity index is 1.94. The molecule has 1 aromatic carbocycles. The summed E-state index contributed by atoms with van der Waals surface area (Å²) >= 11 is 0. The Bertz CT molecular complexity index is 968. The Kier molecular flexibility index (Phi) is 4.31. The van der Waals surface area contributed by atoms with E-state index in [2.05, 4.69) is 15.0 Å². The molecular weight excluding hydrogens is 334 g/mol. The van der Waals surface area contributed by atoms with Gasteiger partial charge in [0.25, 0.3) is 0 Å². The molecule has 136 valence electrons. The van der Waals surface area contributed by atoms with E-state index in [1.54, 1.807) is 6.34 Å². The first-order chi connectivity index (χ1) is 12.6. The largest absolute Gasteiger partial charge is 0.394 e. The third-order valence-corrected chi connectivity index (χ3v) is 4.55. The van der Waals surface area contributed by atoms with Crippen molar-refractivity contribution in [2.24, 2.45) is 4.99 Å². The Labute approximate surface area is 150 Å². The second-order valence-corrected chi connectivity index (χ2v) is 6.61. The summed E-state index contributed by atoms with van der Waals surface area (Å²) in [5.74, 6) is 0.580. The van der Waals surface area contributed by atoms with Crippen LogP contribution in [0, 0.1) is 0 Å². The maximum atomic E-state index is 10.1. The lowest BCUT2D eigenvalue weighted by molar-refractivity contribution is -0.0417. The topological polar surface area (TPSA) is 96.0 Å². The molecule has 2 aromatic heterocycles. The number of benzene rings is 1. The molecule has 0 unspecified atom stereocenters. The highest BCUT2D eigenvalue weighted by Crippen LogP contribution is 2.39. The minimum absolute atomic E-state index is 0.220. The molecule has 0 bridgehead atoms. The normalized spacial score (nSPS) is 23.5. The average molecular weight is 355 g/mol. The van der Waals surface area contributed by atoms with E-state index < -0.39 is 18.4 Å². The van der Waals surface area contributed by atoms with Crippen LogP contribution >= 0.6 is 0 Å². The van der Waals surface area contributed by atoms with Gasteiger partial charge in [-0.15, -0.1) is 0 Å². The number of nitrogens with zero attached hydrogens (tertiary/aromatic N) is 5. The molecule has 8 nitrogen and oxygen atoms in total. The van der Waals surface area contributed by atoms with Crippen molar-refractivity contribution in [3.8, 4) is 0 Å². The van der Waals surface area contributed by atoms with Crippen LogP contribution in [0.4, 0.5) is 5.82 Å². The standard InChI is InChI=1S/C18H21N5O3/c1-22(2)10-21-17-16-11-5-3-4-6-12(11)23(18(16)20-9-19-17)15-7-13(25)14(8-24)26-15/h3-6,9-10,13-15,24-25H,7-8H2,1-2H3/t13-,14-,15-/m1/s1. The number of hydrogen-bond acceptors (Lipinski definition) is 6. The number of hydrogen-bond donors (Lipinski definition) is 2. The summed E-state index contributed by atoms with van der Waals surface area (Å²) in [7, 11) is 3.79. The Morgan fingerprint density at radius 2 is 2.15 bits per heavy atom. The van der Waals surface area contributed by atoms with E-state index in [1.165, 1.54) is 6.33 Å². The number of para-hydroxylation sites is 1. The van der Waals surface area contributed by atoms with Crippen molar-refractivity contribution in [1.29, 1.82) is 0 Å². The zero-order valence-electron chi connectivity index (χ0n) is 14.6. The molecule has 0 aliphatic carbocycles. The smallest absolute Gasteiger partial charge is 0.166 e. The van der Waals surface area contributed by atoms with Crippen LogP contribution in [0.3, 0.4) is 0 Å². The molecule has 0 spiro atoms. The van der Waals surface area contributed by atoms with Crippen molar-refractivity contribution >= 4 is 34.1 Å². The zero-order chi connectivity index (χ0) is 18.3. The number of ether oxygens (including phenoxy) is 1. The van der Waals surface area contributed by atoms with E-state index >= 15 is 0 Å². The molecule has 4 rings (SSSR count).